The number of carbonyl (C=O) groups is 3. The van der Waals surface area contributed by atoms with Crippen LogP contribution in [-0.4, -0.2) is 28.1 Å². The van der Waals surface area contributed by atoms with Crippen LogP contribution in [0.3, 0.4) is 0 Å². The van der Waals surface area contributed by atoms with Crippen molar-refractivity contribution in [3.63, 3.8) is 0 Å². The number of hydrogen-bond donors (Lipinski definition) is 2. The van der Waals surface area contributed by atoms with E-state index in [1.54, 1.807) is 13.8 Å². The van der Waals surface area contributed by atoms with E-state index in [4.69, 9.17) is 9.84 Å². The fourth-order valence-corrected chi connectivity index (χ4v) is 1.92. The SMILES string of the molecule is C=CC(=O)Oc1cc(C(=O)O)c(C(=O)O)c(CC)c1C. The van der Waals surface area contributed by atoms with Crippen molar-refractivity contribution in [2.24, 2.45) is 0 Å². The van der Waals surface area contributed by atoms with Gasteiger partial charge in [0.05, 0.1) is 11.1 Å². The van der Waals surface area contributed by atoms with Crippen molar-refractivity contribution in [2.45, 2.75) is 20.3 Å². The largest absolute Gasteiger partial charge is 0.478 e. The summed E-state index contributed by atoms with van der Waals surface area (Å²) in [6.45, 7) is 6.51. The monoisotopic (exact) mass is 278 g/mol. The minimum absolute atomic E-state index is 0.0224. The molecule has 106 valence electrons. The van der Waals surface area contributed by atoms with Crippen LogP contribution in [0.25, 0.3) is 0 Å². The Morgan fingerprint density at radius 3 is 2.30 bits per heavy atom. The summed E-state index contributed by atoms with van der Waals surface area (Å²) >= 11 is 0. The molecule has 0 aromatic heterocycles. The van der Waals surface area contributed by atoms with Gasteiger partial charge in [-0.25, -0.2) is 14.4 Å². The summed E-state index contributed by atoms with van der Waals surface area (Å²) in [5.41, 5.74) is 0.0528. The first kappa shape index (κ1) is 15.4. The molecule has 2 N–H and O–H groups in total. The fraction of sp³-hybridized carbons (Fsp3) is 0.214. The molecule has 0 saturated carbocycles. The van der Waals surface area contributed by atoms with Crippen LogP contribution in [0.2, 0.25) is 0 Å². The molecule has 0 aliphatic heterocycles. The van der Waals surface area contributed by atoms with E-state index in [1.165, 1.54) is 0 Å². The molecule has 0 amide bonds. The molecule has 0 radical (unpaired) electrons. The molecule has 0 aliphatic carbocycles. The van der Waals surface area contributed by atoms with Gasteiger partial charge in [0.2, 0.25) is 0 Å². The van der Waals surface area contributed by atoms with E-state index in [2.05, 4.69) is 6.58 Å². The molecule has 20 heavy (non-hydrogen) atoms. The Hall–Kier alpha value is -2.63. The lowest BCUT2D eigenvalue weighted by Crippen LogP contribution is -2.15. The van der Waals surface area contributed by atoms with Crippen molar-refractivity contribution in [3.8, 4) is 5.75 Å². The Labute approximate surface area is 115 Å². The van der Waals surface area contributed by atoms with Crippen molar-refractivity contribution >= 4 is 17.9 Å². The average molecular weight is 278 g/mol. The van der Waals surface area contributed by atoms with Gasteiger partial charge in [-0.05, 0) is 30.5 Å². The average Bonchev–Trinajstić information content (AvgIpc) is 2.39. The molecular formula is C14H14O6. The number of ether oxygens (including phenoxy) is 1. The molecule has 0 atom stereocenters. The predicted octanol–water partition coefficient (Wildman–Crippen LogP) is 2.05. The molecule has 6 nitrogen and oxygen atoms in total. The molecule has 1 aromatic rings. The van der Waals surface area contributed by atoms with Gasteiger partial charge in [-0.15, -0.1) is 0 Å². The van der Waals surface area contributed by atoms with E-state index in [1.807, 2.05) is 0 Å². The maximum atomic E-state index is 11.3. The molecule has 1 aromatic carbocycles. The van der Waals surface area contributed by atoms with Crippen LogP contribution in [-0.2, 0) is 11.2 Å². The second-order valence-electron chi connectivity index (χ2n) is 3.99. The fourth-order valence-electron chi connectivity index (χ4n) is 1.92. The molecule has 0 spiro atoms. The highest BCUT2D eigenvalue weighted by Crippen LogP contribution is 2.29. The van der Waals surface area contributed by atoms with Crippen LogP contribution < -0.4 is 4.74 Å². The van der Waals surface area contributed by atoms with Gasteiger partial charge in [0.1, 0.15) is 5.75 Å². The van der Waals surface area contributed by atoms with Gasteiger partial charge in [-0.2, -0.15) is 0 Å². The minimum Gasteiger partial charge on any atom is -0.478 e. The van der Waals surface area contributed by atoms with Crippen molar-refractivity contribution in [1.82, 2.24) is 0 Å². The Balaban J connectivity index is 3.62. The van der Waals surface area contributed by atoms with Gasteiger partial charge in [0.15, 0.2) is 0 Å². The molecule has 1 rings (SSSR count). The molecule has 0 bridgehead atoms. The molecule has 0 aliphatic rings. The first-order chi connectivity index (χ1) is 9.33. The van der Waals surface area contributed by atoms with Crippen LogP contribution in [0.4, 0.5) is 0 Å². The van der Waals surface area contributed by atoms with Gasteiger partial charge >= 0.3 is 17.9 Å². The Morgan fingerprint density at radius 2 is 1.90 bits per heavy atom. The second kappa shape index (κ2) is 6.01. The molecule has 0 heterocycles. The van der Waals surface area contributed by atoms with Crippen molar-refractivity contribution in [2.75, 3.05) is 0 Å². The smallest absolute Gasteiger partial charge is 0.336 e. The molecule has 6 heteroatoms. The third kappa shape index (κ3) is 2.85. The van der Waals surface area contributed by atoms with Crippen LogP contribution in [0, 0.1) is 6.92 Å². The summed E-state index contributed by atoms with van der Waals surface area (Å²) in [5, 5.41) is 18.3. The Bertz CT molecular complexity index is 600. The summed E-state index contributed by atoms with van der Waals surface area (Å²) in [6, 6.07) is 1.04. The maximum absolute atomic E-state index is 11.3. The van der Waals surface area contributed by atoms with Gasteiger partial charge < -0.3 is 14.9 Å². The standard InChI is InChI=1S/C14H14O6/c1-4-8-7(3)10(20-11(15)5-2)6-9(13(16)17)12(8)14(18)19/h5-6H,2,4H2,1,3H3,(H,16,17)(H,18,19). The van der Waals surface area contributed by atoms with E-state index in [-0.39, 0.29) is 11.3 Å². The number of esters is 1. The molecule has 0 fully saturated rings. The maximum Gasteiger partial charge on any atom is 0.336 e. The topological polar surface area (TPSA) is 101 Å². The quantitative estimate of drug-likeness (QED) is 0.485. The lowest BCUT2D eigenvalue weighted by atomic mass is 9.94. The van der Waals surface area contributed by atoms with E-state index < -0.39 is 23.5 Å². The summed E-state index contributed by atoms with van der Waals surface area (Å²) in [5.74, 6) is -3.44. The summed E-state index contributed by atoms with van der Waals surface area (Å²) in [4.78, 5) is 33.7. The first-order valence-electron chi connectivity index (χ1n) is 5.80. The number of carboxylic acids is 2. The van der Waals surface area contributed by atoms with Crippen molar-refractivity contribution < 1.29 is 29.3 Å². The number of carboxylic acid groups (broad SMARTS) is 2. The van der Waals surface area contributed by atoms with Gasteiger partial charge in [-0.3, -0.25) is 0 Å². The highest BCUT2D eigenvalue weighted by atomic mass is 16.5. The third-order valence-corrected chi connectivity index (χ3v) is 2.84. The Morgan fingerprint density at radius 1 is 1.30 bits per heavy atom. The third-order valence-electron chi connectivity index (χ3n) is 2.84. The van der Waals surface area contributed by atoms with Crippen LogP contribution in [0.5, 0.6) is 5.75 Å². The first-order valence-corrected chi connectivity index (χ1v) is 5.80. The number of carbonyl (C=O) groups excluding carboxylic acids is 1. The highest BCUT2D eigenvalue weighted by molar-refractivity contribution is 6.03. The number of hydrogen-bond acceptors (Lipinski definition) is 4. The van der Waals surface area contributed by atoms with Gasteiger partial charge in [-0.1, -0.05) is 13.5 Å². The van der Waals surface area contributed by atoms with Crippen molar-refractivity contribution in [3.05, 3.63) is 41.0 Å². The lowest BCUT2D eigenvalue weighted by molar-refractivity contribution is -0.129. The lowest BCUT2D eigenvalue weighted by Gasteiger charge is -2.15. The van der Waals surface area contributed by atoms with Crippen LogP contribution in [0.15, 0.2) is 18.7 Å². The summed E-state index contributed by atoms with van der Waals surface area (Å²) in [6.07, 6.45) is 1.24. The van der Waals surface area contributed by atoms with Gasteiger partial charge in [0, 0.05) is 6.08 Å². The predicted molar refractivity (Wildman–Crippen MR) is 70.3 cm³/mol. The normalized spacial score (nSPS) is 9.90. The van der Waals surface area contributed by atoms with E-state index in [0.29, 0.717) is 17.5 Å². The van der Waals surface area contributed by atoms with Crippen LogP contribution in [0.1, 0.15) is 38.8 Å². The molecule has 0 saturated heterocycles. The minimum atomic E-state index is -1.40. The number of aromatic carboxylic acids is 2. The Kier molecular flexibility index (Phi) is 4.63. The zero-order valence-electron chi connectivity index (χ0n) is 11.1. The van der Waals surface area contributed by atoms with E-state index >= 15 is 0 Å². The zero-order chi connectivity index (χ0) is 15.4. The zero-order valence-corrected chi connectivity index (χ0v) is 11.1. The van der Waals surface area contributed by atoms with E-state index in [9.17, 15) is 19.5 Å². The van der Waals surface area contributed by atoms with Gasteiger partial charge in [0.25, 0.3) is 0 Å². The number of benzene rings is 1. The second-order valence-corrected chi connectivity index (χ2v) is 3.99. The summed E-state index contributed by atoms with van der Waals surface area (Å²) < 4.78 is 4.95. The highest BCUT2D eigenvalue weighted by Gasteiger charge is 2.24. The summed E-state index contributed by atoms with van der Waals surface area (Å²) in [7, 11) is 0. The molecular weight excluding hydrogens is 264 g/mol. The molecule has 0 unspecified atom stereocenters. The van der Waals surface area contributed by atoms with E-state index in [0.717, 1.165) is 12.1 Å². The van der Waals surface area contributed by atoms with Crippen LogP contribution >= 0.6 is 0 Å². The van der Waals surface area contributed by atoms with Crippen molar-refractivity contribution in [1.29, 1.82) is 0 Å². The number of rotatable bonds is 5.